The lowest BCUT2D eigenvalue weighted by Crippen LogP contribution is -2.22. The van der Waals surface area contributed by atoms with E-state index in [0.29, 0.717) is 11.0 Å². The number of rotatable bonds is 6. The van der Waals surface area contributed by atoms with Crippen molar-refractivity contribution in [3.63, 3.8) is 0 Å². The monoisotopic (exact) mass is 299 g/mol. The number of benzene rings is 1. The average Bonchev–Trinajstić information content (AvgIpc) is 2.46. The molecule has 0 bridgehead atoms. The highest BCUT2D eigenvalue weighted by molar-refractivity contribution is 7.80. The highest BCUT2D eigenvalue weighted by Crippen LogP contribution is 2.18. The van der Waals surface area contributed by atoms with Crippen molar-refractivity contribution in [3.8, 4) is 0 Å². The van der Waals surface area contributed by atoms with Crippen LogP contribution in [0.2, 0.25) is 0 Å². The zero-order valence-electron chi connectivity index (χ0n) is 12.5. The van der Waals surface area contributed by atoms with E-state index >= 15 is 0 Å². The van der Waals surface area contributed by atoms with Crippen molar-refractivity contribution in [2.45, 2.75) is 32.7 Å². The Balaban J connectivity index is 2.01. The summed E-state index contributed by atoms with van der Waals surface area (Å²) in [7, 11) is 0. The summed E-state index contributed by atoms with van der Waals surface area (Å²) >= 11 is 5.13. The lowest BCUT2D eigenvalue weighted by atomic mass is 10.1. The van der Waals surface area contributed by atoms with Gasteiger partial charge < -0.3 is 11.1 Å². The number of aryl methyl sites for hydroxylation is 2. The van der Waals surface area contributed by atoms with E-state index in [1.807, 2.05) is 19.1 Å². The number of nitrogens with zero attached hydrogens (tertiary/aromatic N) is 1. The first-order valence-corrected chi connectivity index (χ1v) is 7.54. The maximum absolute atomic E-state index is 5.81. The summed E-state index contributed by atoms with van der Waals surface area (Å²) in [6.07, 6.45) is 3.84. The first kappa shape index (κ1) is 15.4. The first-order chi connectivity index (χ1) is 10.1. The molecule has 3 N–H and O–H groups in total. The van der Waals surface area contributed by atoms with E-state index in [9.17, 15) is 0 Å². The minimum Gasteiger partial charge on any atom is -0.389 e. The van der Waals surface area contributed by atoms with Crippen LogP contribution >= 0.6 is 12.2 Å². The van der Waals surface area contributed by atoms with Crippen LogP contribution in [0, 0.1) is 6.92 Å². The maximum atomic E-state index is 5.81. The lowest BCUT2D eigenvalue weighted by Gasteiger charge is -2.18. The fourth-order valence-electron chi connectivity index (χ4n) is 2.31. The maximum Gasteiger partial charge on any atom is 0.136 e. The quantitative estimate of drug-likeness (QED) is 0.802. The molecule has 0 aliphatic rings. The second-order valence-corrected chi connectivity index (χ2v) is 5.73. The van der Waals surface area contributed by atoms with Crippen LogP contribution in [0.15, 0.2) is 42.6 Å². The van der Waals surface area contributed by atoms with Crippen molar-refractivity contribution in [2.24, 2.45) is 5.73 Å². The van der Waals surface area contributed by atoms with E-state index < -0.39 is 0 Å². The number of anilines is 1. The molecule has 1 heterocycles. The molecule has 0 amide bonds. The number of aromatic nitrogens is 1. The van der Waals surface area contributed by atoms with Crippen LogP contribution in [-0.4, -0.2) is 16.0 Å². The highest BCUT2D eigenvalue weighted by atomic mass is 32.1. The van der Waals surface area contributed by atoms with Gasteiger partial charge in [0.2, 0.25) is 0 Å². The molecule has 110 valence electrons. The predicted molar refractivity (Wildman–Crippen MR) is 92.7 cm³/mol. The van der Waals surface area contributed by atoms with Gasteiger partial charge in [0.25, 0.3) is 0 Å². The molecule has 0 aliphatic heterocycles. The summed E-state index contributed by atoms with van der Waals surface area (Å²) in [6, 6.07) is 12.7. The molecule has 1 aromatic carbocycles. The van der Waals surface area contributed by atoms with Gasteiger partial charge in [-0.15, -0.1) is 0 Å². The molecule has 0 aliphatic carbocycles. The van der Waals surface area contributed by atoms with Crippen LogP contribution in [-0.2, 0) is 6.42 Å². The third-order valence-electron chi connectivity index (χ3n) is 3.50. The fraction of sp³-hybridized carbons (Fsp3) is 0.294. The second kappa shape index (κ2) is 7.18. The van der Waals surface area contributed by atoms with E-state index in [4.69, 9.17) is 18.0 Å². The van der Waals surface area contributed by atoms with Gasteiger partial charge in [-0.2, -0.15) is 0 Å². The zero-order valence-corrected chi connectivity index (χ0v) is 13.3. The van der Waals surface area contributed by atoms with Crippen molar-refractivity contribution < 1.29 is 0 Å². The molecule has 4 heteroatoms. The molecule has 0 fully saturated rings. The van der Waals surface area contributed by atoms with Crippen molar-refractivity contribution in [1.29, 1.82) is 0 Å². The number of nitrogens with one attached hydrogen (secondary N) is 1. The van der Waals surface area contributed by atoms with Crippen molar-refractivity contribution in [3.05, 3.63) is 59.3 Å². The lowest BCUT2D eigenvalue weighted by molar-refractivity contribution is 0.702. The van der Waals surface area contributed by atoms with Crippen molar-refractivity contribution >= 4 is 23.0 Å². The Labute approximate surface area is 131 Å². The van der Waals surface area contributed by atoms with Gasteiger partial charge >= 0.3 is 0 Å². The van der Waals surface area contributed by atoms with Gasteiger partial charge in [-0.25, -0.2) is 4.98 Å². The molecular weight excluding hydrogens is 278 g/mol. The number of nitrogens with two attached hydrogens (primary N) is 1. The molecule has 0 saturated carbocycles. The number of thiocarbonyl (C=S) groups is 1. The van der Waals surface area contributed by atoms with Crippen LogP contribution in [0.25, 0.3) is 0 Å². The Morgan fingerprint density at radius 1 is 1.29 bits per heavy atom. The predicted octanol–water partition coefficient (Wildman–Crippen LogP) is 3.46. The first-order valence-electron chi connectivity index (χ1n) is 7.14. The Hall–Kier alpha value is -1.94. The van der Waals surface area contributed by atoms with Gasteiger partial charge in [-0.05, 0) is 43.9 Å². The van der Waals surface area contributed by atoms with Gasteiger partial charge in [-0.3, -0.25) is 0 Å². The van der Waals surface area contributed by atoms with Crippen LogP contribution in [0.5, 0.6) is 0 Å². The standard InChI is InChI=1S/C17H21N3S/c1-12-10-11-19-17(15(12)16(18)21)20-13(2)8-9-14-6-4-3-5-7-14/h3-7,10-11,13H,8-9H2,1-2H3,(H2,18,21)(H,19,20). The summed E-state index contributed by atoms with van der Waals surface area (Å²) in [4.78, 5) is 4.76. The summed E-state index contributed by atoms with van der Waals surface area (Å²) in [5.74, 6) is 0.781. The fourth-order valence-corrected chi connectivity index (χ4v) is 2.57. The molecule has 0 spiro atoms. The van der Waals surface area contributed by atoms with Gasteiger partial charge in [0.05, 0.1) is 5.56 Å². The van der Waals surface area contributed by atoms with Crippen LogP contribution in [0.3, 0.4) is 0 Å². The van der Waals surface area contributed by atoms with Crippen LogP contribution < -0.4 is 11.1 Å². The van der Waals surface area contributed by atoms with Gasteiger partial charge in [0, 0.05) is 12.2 Å². The Bertz CT molecular complexity index is 611. The van der Waals surface area contributed by atoms with E-state index in [0.717, 1.165) is 29.8 Å². The van der Waals surface area contributed by atoms with E-state index in [1.165, 1.54) is 5.56 Å². The number of pyridine rings is 1. The molecule has 0 radical (unpaired) electrons. The third-order valence-corrected chi connectivity index (χ3v) is 3.70. The number of hydrogen-bond acceptors (Lipinski definition) is 3. The van der Waals surface area contributed by atoms with Gasteiger partial charge in [0.15, 0.2) is 0 Å². The molecular formula is C17H21N3S. The summed E-state index contributed by atoms with van der Waals surface area (Å²) in [5.41, 5.74) is 9.05. The molecule has 0 saturated heterocycles. The van der Waals surface area contributed by atoms with E-state index in [1.54, 1.807) is 6.20 Å². The Kier molecular flexibility index (Phi) is 5.28. The molecule has 1 aromatic heterocycles. The third kappa shape index (κ3) is 4.26. The van der Waals surface area contributed by atoms with Crippen molar-refractivity contribution in [1.82, 2.24) is 4.98 Å². The highest BCUT2D eigenvalue weighted by Gasteiger charge is 2.12. The molecule has 21 heavy (non-hydrogen) atoms. The Morgan fingerprint density at radius 3 is 2.67 bits per heavy atom. The SMILES string of the molecule is Cc1ccnc(NC(C)CCc2ccccc2)c1C(N)=S. The second-order valence-electron chi connectivity index (χ2n) is 5.29. The molecule has 1 atom stereocenters. The topological polar surface area (TPSA) is 50.9 Å². The molecule has 1 unspecified atom stereocenters. The van der Waals surface area contributed by atoms with Gasteiger partial charge in [-0.1, -0.05) is 42.5 Å². The van der Waals surface area contributed by atoms with E-state index in [-0.39, 0.29) is 0 Å². The molecule has 3 nitrogen and oxygen atoms in total. The minimum atomic E-state index is 0.299. The number of hydrogen-bond donors (Lipinski definition) is 2. The molecule has 2 aromatic rings. The zero-order chi connectivity index (χ0) is 15.2. The average molecular weight is 299 g/mol. The summed E-state index contributed by atoms with van der Waals surface area (Å²) in [6.45, 7) is 4.15. The normalized spacial score (nSPS) is 11.9. The van der Waals surface area contributed by atoms with E-state index in [2.05, 4.69) is 41.5 Å². The summed E-state index contributed by atoms with van der Waals surface area (Å²) in [5, 5.41) is 3.42. The molecule has 2 rings (SSSR count). The van der Waals surface area contributed by atoms with Gasteiger partial charge in [0.1, 0.15) is 10.8 Å². The van der Waals surface area contributed by atoms with Crippen LogP contribution in [0.4, 0.5) is 5.82 Å². The van der Waals surface area contributed by atoms with Crippen LogP contribution in [0.1, 0.15) is 30.0 Å². The largest absolute Gasteiger partial charge is 0.389 e. The smallest absolute Gasteiger partial charge is 0.136 e. The Morgan fingerprint density at radius 2 is 2.00 bits per heavy atom. The minimum absolute atomic E-state index is 0.299. The summed E-state index contributed by atoms with van der Waals surface area (Å²) < 4.78 is 0. The van der Waals surface area contributed by atoms with Crippen molar-refractivity contribution in [2.75, 3.05) is 5.32 Å².